The summed E-state index contributed by atoms with van der Waals surface area (Å²) in [6, 6.07) is 7.89. The van der Waals surface area contributed by atoms with Gasteiger partial charge in [-0.25, -0.2) is 4.98 Å². The molecule has 0 aliphatic heterocycles. The van der Waals surface area contributed by atoms with Gasteiger partial charge in [-0.1, -0.05) is 24.3 Å². The van der Waals surface area contributed by atoms with E-state index in [2.05, 4.69) is 4.98 Å². The van der Waals surface area contributed by atoms with Crippen LogP contribution >= 0.6 is 0 Å². The number of hydrogen-bond donors (Lipinski definition) is 1. The molecule has 1 aromatic heterocycles. The van der Waals surface area contributed by atoms with E-state index in [-0.39, 0.29) is 6.61 Å². The highest BCUT2D eigenvalue weighted by atomic mass is 16.3. The predicted molar refractivity (Wildman–Crippen MR) is 52.7 cm³/mol. The molecule has 0 atom stereocenters. The molecular formula is C11H11NO2. The van der Waals surface area contributed by atoms with E-state index >= 15 is 0 Å². The number of aromatic nitrogens is 1. The highest BCUT2D eigenvalue weighted by molar-refractivity contribution is 5.56. The Labute approximate surface area is 82.0 Å². The van der Waals surface area contributed by atoms with Crippen LogP contribution in [-0.4, -0.2) is 16.7 Å². The zero-order chi connectivity index (χ0) is 9.80. The summed E-state index contributed by atoms with van der Waals surface area (Å²) in [4.78, 5) is 3.85. The Morgan fingerprint density at radius 3 is 2.57 bits per heavy atom. The molecule has 0 bridgehead atoms. The first kappa shape index (κ1) is 8.97. The highest BCUT2D eigenvalue weighted by Crippen LogP contribution is 2.18. The molecule has 0 spiro atoms. The van der Waals surface area contributed by atoms with Crippen LogP contribution in [0, 0.1) is 0 Å². The van der Waals surface area contributed by atoms with Gasteiger partial charge in [0.25, 0.3) is 0 Å². The van der Waals surface area contributed by atoms with Crippen LogP contribution in [0.2, 0.25) is 0 Å². The van der Waals surface area contributed by atoms with Crippen LogP contribution in [0.1, 0.15) is 5.56 Å². The second-order valence-electron chi connectivity index (χ2n) is 3.04. The van der Waals surface area contributed by atoms with Crippen LogP contribution in [0.5, 0.6) is 0 Å². The normalized spacial score (nSPS) is 10.4. The van der Waals surface area contributed by atoms with Crippen molar-refractivity contribution in [3.63, 3.8) is 0 Å². The summed E-state index contributed by atoms with van der Waals surface area (Å²) in [6.07, 6.45) is 3.79. The van der Waals surface area contributed by atoms with Crippen molar-refractivity contribution in [2.75, 3.05) is 6.61 Å². The lowest BCUT2D eigenvalue weighted by Gasteiger charge is -1.99. The summed E-state index contributed by atoms with van der Waals surface area (Å²) in [5, 5.41) is 8.74. The average Bonchev–Trinajstić information content (AvgIpc) is 2.72. The second-order valence-corrected chi connectivity index (χ2v) is 3.04. The number of aliphatic hydroxyl groups excluding tert-OH is 1. The number of benzene rings is 1. The van der Waals surface area contributed by atoms with Crippen LogP contribution in [0.3, 0.4) is 0 Å². The monoisotopic (exact) mass is 189 g/mol. The van der Waals surface area contributed by atoms with Crippen LogP contribution in [0.4, 0.5) is 0 Å². The largest absolute Gasteiger partial charge is 0.444 e. The second kappa shape index (κ2) is 4.07. The molecule has 1 aromatic carbocycles. The van der Waals surface area contributed by atoms with Crippen molar-refractivity contribution >= 4 is 0 Å². The van der Waals surface area contributed by atoms with Gasteiger partial charge in [0, 0.05) is 12.2 Å². The van der Waals surface area contributed by atoms with Crippen molar-refractivity contribution < 1.29 is 9.52 Å². The quantitative estimate of drug-likeness (QED) is 0.801. The van der Waals surface area contributed by atoms with Crippen LogP contribution in [-0.2, 0) is 6.42 Å². The average molecular weight is 189 g/mol. The number of nitrogens with zero attached hydrogens (tertiary/aromatic N) is 1. The molecule has 0 saturated heterocycles. The Morgan fingerprint density at radius 1 is 1.21 bits per heavy atom. The van der Waals surface area contributed by atoms with E-state index in [1.54, 1.807) is 6.20 Å². The fraction of sp³-hybridized carbons (Fsp3) is 0.182. The Hall–Kier alpha value is -1.61. The van der Waals surface area contributed by atoms with Gasteiger partial charge in [0.2, 0.25) is 0 Å². The van der Waals surface area contributed by atoms with E-state index in [9.17, 15) is 0 Å². The molecule has 1 heterocycles. The number of aliphatic hydroxyl groups is 1. The van der Waals surface area contributed by atoms with Crippen molar-refractivity contribution in [1.82, 2.24) is 4.98 Å². The van der Waals surface area contributed by atoms with Crippen LogP contribution < -0.4 is 0 Å². The molecule has 72 valence electrons. The third-order valence-corrected chi connectivity index (χ3v) is 2.07. The molecule has 3 heteroatoms. The number of hydrogen-bond acceptors (Lipinski definition) is 3. The molecule has 3 nitrogen and oxygen atoms in total. The van der Waals surface area contributed by atoms with Crippen LogP contribution in [0.15, 0.2) is 41.3 Å². The molecule has 0 radical (unpaired) electrons. The zero-order valence-corrected chi connectivity index (χ0v) is 7.68. The minimum atomic E-state index is 0.182. The Morgan fingerprint density at radius 2 is 2.00 bits per heavy atom. The van der Waals surface area contributed by atoms with E-state index in [1.807, 2.05) is 24.3 Å². The van der Waals surface area contributed by atoms with E-state index in [0.717, 1.165) is 16.9 Å². The number of oxazole rings is 1. The van der Waals surface area contributed by atoms with Crippen molar-refractivity contribution in [3.8, 4) is 11.3 Å². The highest BCUT2D eigenvalue weighted by Gasteiger charge is 2.00. The lowest BCUT2D eigenvalue weighted by molar-refractivity contribution is 0.299. The third-order valence-electron chi connectivity index (χ3n) is 2.07. The Bertz CT molecular complexity index is 378. The summed E-state index contributed by atoms with van der Waals surface area (Å²) < 4.78 is 5.16. The lowest BCUT2D eigenvalue weighted by atomic mass is 10.1. The molecule has 1 N–H and O–H groups in total. The minimum Gasteiger partial charge on any atom is -0.444 e. The van der Waals surface area contributed by atoms with Crippen molar-refractivity contribution in [2.45, 2.75) is 6.42 Å². The van der Waals surface area contributed by atoms with E-state index in [1.165, 1.54) is 6.39 Å². The summed E-state index contributed by atoms with van der Waals surface area (Å²) in [5.41, 5.74) is 2.12. The van der Waals surface area contributed by atoms with E-state index in [4.69, 9.17) is 9.52 Å². The molecule has 0 unspecified atom stereocenters. The maximum Gasteiger partial charge on any atom is 0.181 e. The van der Waals surface area contributed by atoms with Gasteiger partial charge in [-0.15, -0.1) is 0 Å². The minimum absolute atomic E-state index is 0.182. The molecule has 0 amide bonds. The van der Waals surface area contributed by atoms with Gasteiger partial charge in [0.1, 0.15) is 0 Å². The van der Waals surface area contributed by atoms with Crippen molar-refractivity contribution in [1.29, 1.82) is 0 Å². The first-order valence-corrected chi connectivity index (χ1v) is 4.49. The van der Waals surface area contributed by atoms with Crippen molar-refractivity contribution in [3.05, 3.63) is 42.4 Å². The Kier molecular flexibility index (Phi) is 2.60. The summed E-state index contributed by atoms with van der Waals surface area (Å²) in [5.74, 6) is 0.764. The molecule has 2 rings (SSSR count). The van der Waals surface area contributed by atoms with Gasteiger partial charge < -0.3 is 9.52 Å². The SMILES string of the molecule is OCCc1ccc(-c2cnco2)cc1. The topological polar surface area (TPSA) is 46.3 Å². The predicted octanol–water partition coefficient (Wildman–Crippen LogP) is 1.88. The lowest BCUT2D eigenvalue weighted by Crippen LogP contribution is -1.89. The first-order chi connectivity index (χ1) is 6.90. The summed E-state index contributed by atoms with van der Waals surface area (Å²) in [6.45, 7) is 0.182. The van der Waals surface area contributed by atoms with Gasteiger partial charge >= 0.3 is 0 Å². The number of rotatable bonds is 3. The van der Waals surface area contributed by atoms with Gasteiger partial charge in [0.05, 0.1) is 6.20 Å². The van der Waals surface area contributed by atoms with Gasteiger partial charge in [0.15, 0.2) is 12.2 Å². The maximum absolute atomic E-state index is 8.74. The van der Waals surface area contributed by atoms with Crippen LogP contribution in [0.25, 0.3) is 11.3 Å². The molecule has 2 aromatic rings. The Balaban J connectivity index is 2.22. The van der Waals surface area contributed by atoms with E-state index in [0.29, 0.717) is 6.42 Å². The molecule has 0 saturated carbocycles. The standard InChI is InChI=1S/C11H11NO2/c13-6-5-9-1-3-10(4-2-9)11-7-12-8-14-11/h1-4,7-8,13H,5-6H2. The molecule has 14 heavy (non-hydrogen) atoms. The van der Waals surface area contributed by atoms with Gasteiger partial charge in [-0.2, -0.15) is 0 Å². The summed E-state index contributed by atoms with van der Waals surface area (Å²) >= 11 is 0. The van der Waals surface area contributed by atoms with Gasteiger partial charge in [-0.3, -0.25) is 0 Å². The van der Waals surface area contributed by atoms with E-state index < -0.39 is 0 Å². The molecule has 0 aliphatic rings. The molecular weight excluding hydrogens is 178 g/mol. The smallest absolute Gasteiger partial charge is 0.181 e. The third kappa shape index (κ3) is 1.83. The van der Waals surface area contributed by atoms with Crippen molar-refractivity contribution in [2.24, 2.45) is 0 Å². The summed E-state index contributed by atoms with van der Waals surface area (Å²) in [7, 11) is 0. The fourth-order valence-electron chi connectivity index (χ4n) is 1.32. The fourth-order valence-corrected chi connectivity index (χ4v) is 1.32. The molecule has 0 aliphatic carbocycles. The first-order valence-electron chi connectivity index (χ1n) is 4.49. The van der Waals surface area contributed by atoms with Gasteiger partial charge in [-0.05, 0) is 12.0 Å². The zero-order valence-electron chi connectivity index (χ0n) is 7.68. The maximum atomic E-state index is 8.74. The molecule has 0 fully saturated rings.